The zero-order valence-electron chi connectivity index (χ0n) is 10.6. The van der Waals surface area contributed by atoms with E-state index in [0.717, 1.165) is 24.6 Å². The maximum absolute atomic E-state index is 13.5. The third-order valence-corrected chi connectivity index (χ3v) is 2.64. The highest BCUT2D eigenvalue weighted by atomic mass is 19.1. The maximum atomic E-state index is 13.5. The number of carbonyl (C=O) groups excluding carboxylic acids is 1. The smallest absolute Gasteiger partial charge is 0.270 e. The van der Waals surface area contributed by atoms with Crippen LogP contribution >= 0.6 is 0 Å². The Bertz CT molecular complexity index is 503. The van der Waals surface area contributed by atoms with E-state index in [9.17, 15) is 19.3 Å². The Hall–Kier alpha value is -2.24. The first kappa shape index (κ1) is 14.8. The molecule has 19 heavy (non-hydrogen) atoms. The van der Waals surface area contributed by atoms with Gasteiger partial charge in [0.05, 0.1) is 10.5 Å². The zero-order valence-corrected chi connectivity index (χ0v) is 10.6. The maximum Gasteiger partial charge on any atom is 0.270 e. The highest BCUT2D eigenvalue weighted by Gasteiger charge is 2.19. The van der Waals surface area contributed by atoms with Gasteiger partial charge in [-0.3, -0.25) is 14.9 Å². The van der Waals surface area contributed by atoms with Crippen LogP contribution in [-0.2, 0) is 0 Å². The van der Waals surface area contributed by atoms with Crippen LogP contribution in [-0.4, -0.2) is 29.3 Å². The first-order valence-electron chi connectivity index (χ1n) is 5.77. The van der Waals surface area contributed by atoms with Gasteiger partial charge in [-0.2, -0.15) is 0 Å². The molecule has 0 bridgehead atoms. The Morgan fingerprint density at radius 3 is 2.84 bits per heavy atom. The Morgan fingerprint density at radius 1 is 1.58 bits per heavy atom. The minimum atomic E-state index is -0.758. The molecule has 6 heteroatoms. The molecule has 1 amide bonds. The fraction of sp³-hybridized carbons (Fsp3) is 0.308. The summed E-state index contributed by atoms with van der Waals surface area (Å²) in [6.45, 7) is 4.00. The number of hydrogen-bond donors (Lipinski definition) is 0. The fourth-order valence-electron chi connectivity index (χ4n) is 1.57. The number of nitro groups is 1. The Balaban J connectivity index is 2.88. The van der Waals surface area contributed by atoms with Crippen LogP contribution in [0.25, 0.3) is 0 Å². The molecule has 0 aliphatic rings. The highest BCUT2D eigenvalue weighted by Crippen LogP contribution is 2.18. The van der Waals surface area contributed by atoms with Gasteiger partial charge in [-0.1, -0.05) is 6.08 Å². The molecule has 0 aliphatic carbocycles. The summed E-state index contributed by atoms with van der Waals surface area (Å²) in [7, 11) is 1.53. The van der Waals surface area contributed by atoms with Crippen LogP contribution in [0.15, 0.2) is 30.9 Å². The molecule has 0 unspecified atom stereocenters. The lowest BCUT2D eigenvalue weighted by Gasteiger charge is -2.16. The summed E-state index contributed by atoms with van der Waals surface area (Å²) in [5.74, 6) is -1.32. The van der Waals surface area contributed by atoms with Crippen molar-refractivity contribution in [2.24, 2.45) is 0 Å². The Labute approximate surface area is 110 Å². The van der Waals surface area contributed by atoms with Gasteiger partial charge < -0.3 is 4.90 Å². The van der Waals surface area contributed by atoms with Gasteiger partial charge in [-0.15, -0.1) is 6.58 Å². The number of non-ortho nitro benzene ring substituents is 1. The molecule has 0 aliphatic heterocycles. The molecule has 0 spiro atoms. The first-order chi connectivity index (χ1) is 8.97. The van der Waals surface area contributed by atoms with Gasteiger partial charge >= 0.3 is 0 Å². The van der Waals surface area contributed by atoms with Crippen molar-refractivity contribution in [3.63, 3.8) is 0 Å². The number of hydrogen-bond acceptors (Lipinski definition) is 3. The molecular weight excluding hydrogens is 251 g/mol. The number of allylic oxidation sites excluding steroid dienone is 1. The predicted molar refractivity (Wildman–Crippen MR) is 69.4 cm³/mol. The van der Waals surface area contributed by atoms with Crippen molar-refractivity contribution in [3.05, 3.63) is 52.3 Å². The average molecular weight is 266 g/mol. The molecule has 0 saturated carbocycles. The topological polar surface area (TPSA) is 63.5 Å². The van der Waals surface area contributed by atoms with Crippen LogP contribution in [0.4, 0.5) is 10.1 Å². The van der Waals surface area contributed by atoms with E-state index in [1.54, 1.807) is 6.08 Å². The lowest BCUT2D eigenvalue weighted by molar-refractivity contribution is -0.384. The molecule has 0 fully saturated rings. The van der Waals surface area contributed by atoms with E-state index in [1.165, 1.54) is 11.9 Å². The van der Waals surface area contributed by atoms with Crippen molar-refractivity contribution in [1.29, 1.82) is 0 Å². The number of amides is 1. The second-order valence-corrected chi connectivity index (χ2v) is 4.08. The van der Waals surface area contributed by atoms with E-state index in [-0.39, 0.29) is 11.3 Å². The van der Waals surface area contributed by atoms with Crippen LogP contribution in [0.5, 0.6) is 0 Å². The van der Waals surface area contributed by atoms with E-state index < -0.39 is 16.6 Å². The second-order valence-electron chi connectivity index (χ2n) is 4.08. The third kappa shape index (κ3) is 3.87. The number of benzene rings is 1. The van der Waals surface area contributed by atoms with Crippen molar-refractivity contribution in [1.82, 2.24) is 4.90 Å². The minimum absolute atomic E-state index is 0.282. The lowest BCUT2D eigenvalue weighted by atomic mass is 10.1. The average Bonchev–Trinajstić information content (AvgIpc) is 2.38. The van der Waals surface area contributed by atoms with Gasteiger partial charge in [0.25, 0.3) is 11.6 Å². The van der Waals surface area contributed by atoms with E-state index >= 15 is 0 Å². The first-order valence-corrected chi connectivity index (χ1v) is 5.77. The molecule has 0 atom stereocenters. The monoisotopic (exact) mass is 266 g/mol. The van der Waals surface area contributed by atoms with Crippen LogP contribution < -0.4 is 0 Å². The van der Waals surface area contributed by atoms with Gasteiger partial charge in [0, 0.05) is 25.7 Å². The summed E-state index contributed by atoms with van der Waals surface area (Å²) < 4.78 is 13.5. The number of halogens is 1. The molecule has 0 aromatic heterocycles. The van der Waals surface area contributed by atoms with Gasteiger partial charge in [-0.05, 0) is 18.9 Å². The van der Waals surface area contributed by atoms with Crippen LogP contribution in [0.3, 0.4) is 0 Å². The molecule has 1 aromatic carbocycles. The molecule has 5 nitrogen and oxygen atoms in total. The molecule has 0 heterocycles. The van der Waals surface area contributed by atoms with Gasteiger partial charge in [0.1, 0.15) is 5.82 Å². The van der Waals surface area contributed by atoms with Crippen molar-refractivity contribution in [2.75, 3.05) is 13.6 Å². The molecular formula is C13H15FN2O3. The molecule has 1 rings (SSSR count). The van der Waals surface area contributed by atoms with Crippen LogP contribution in [0, 0.1) is 15.9 Å². The van der Waals surface area contributed by atoms with Crippen molar-refractivity contribution < 1.29 is 14.1 Å². The predicted octanol–water partition coefficient (Wildman–Crippen LogP) is 2.77. The Kier molecular flexibility index (Phi) is 5.17. The SMILES string of the molecule is C=CCCCN(C)C(=O)c1cc([N+](=O)[O-])ccc1F. The standard InChI is InChI=1S/C13H15FN2O3/c1-3-4-5-8-15(2)13(17)11-9-10(16(18)19)6-7-12(11)14/h3,6-7,9H,1,4-5,8H2,2H3. The van der Waals surface area contributed by atoms with E-state index in [0.29, 0.717) is 13.0 Å². The number of nitro benzene ring substituents is 1. The summed E-state index contributed by atoms with van der Waals surface area (Å²) in [6.07, 6.45) is 3.18. The molecule has 102 valence electrons. The summed E-state index contributed by atoms with van der Waals surface area (Å²) in [5.41, 5.74) is -0.584. The van der Waals surface area contributed by atoms with Crippen molar-refractivity contribution >= 4 is 11.6 Å². The Morgan fingerprint density at radius 2 is 2.26 bits per heavy atom. The van der Waals surface area contributed by atoms with E-state index in [1.807, 2.05) is 0 Å². The fourth-order valence-corrected chi connectivity index (χ4v) is 1.57. The lowest BCUT2D eigenvalue weighted by Crippen LogP contribution is -2.28. The molecule has 0 radical (unpaired) electrons. The molecule has 1 aromatic rings. The molecule has 0 saturated heterocycles. The highest BCUT2D eigenvalue weighted by molar-refractivity contribution is 5.94. The van der Waals surface area contributed by atoms with Crippen molar-refractivity contribution in [2.45, 2.75) is 12.8 Å². The van der Waals surface area contributed by atoms with Crippen molar-refractivity contribution in [3.8, 4) is 0 Å². The summed E-state index contributed by atoms with van der Waals surface area (Å²) in [4.78, 5) is 23.3. The quantitative estimate of drug-likeness (QED) is 0.344. The summed E-state index contributed by atoms with van der Waals surface area (Å²) in [5, 5.41) is 10.6. The number of carbonyl (C=O) groups is 1. The van der Waals surface area contributed by atoms with Gasteiger partial charge in [0.2, 0.25) is 0 Å². The number of rotatable bonds is 6. The minimum Gasteiger partial charge on any atom is -0.342 e. The van der Waals surface area contributed by atoms with E-state index in [4.69, 9.17) is 0 Å². The third-order valence-electron chi connectivity index (χ3n) is 2.64. The zero-order chi connectivity index (χ0) is 14.4. The van der Waals surface area contributed by atoms with Crippen LogP contribution in [0.2, 0.25) is 0 Å². The number of nitrogens with zero attached hydrogens (tertiary/aromatic N) is 2. The van der Waals surface area contributed by atoms with Gasteiger partial charge in [0.15, 0.2) is 0 Å². The van der Waals surface area contributed by atoms with Crippen LogP contribution in [0.1, 0.15) is 23.2 Å². The number of unbranched alkanes of at least 4 members (excludes halogenated alkanes) is 1. The van der Waals surface area contributed by atoms with Gasteiger partial charge in [-0.25, -0.2) is 4.39 Å². The normalized spacial score (nSPS) is 10.0. The second kappa shape index (κ2) is 6.63. The summed E-state index contributed by atoms with van der Waals surface area (Å²) >= 11 is 0. The largest absolute Gasteiger partial charge is 0.342 e. The van der Waals surface area contributed by atoms with E-state index in [2.05, 4.69) is 6.58 Å². The summed E-state index contributed by atoms with van der Waals surface area (Å²) in [6, 6.07) is 2.93. The molecule has 0 N–H and O–H groups in total.